The Morgan fingerprint density at radius 3 is 1.66 bits per heavy atom. The van der Waals surface area contributed by atoms with Crippen LogP contribution in [0.5, 0.6) is 23.0 Å². The molecule has 0 spiro atoms. The second-order valence-corrected chi connectivity index (χ2v) is 8.17. The van der Waals surface area contributed by atoms with Gasteiger partial charge in [-0.25, -0.2) is 0 Å². The number of carbonyl (C=O) groups is 2. The predicted octanol–water partition coefficient (Wildman–Crippen LogP) is 2.81. The highest BCUT2D eigenvalue weighted by molar-refractivity contribution is 5.79. The minimum Gasteiger partial charge on any atom is -0.493 e. The third-order valence-electron chi connectivity index (χ3n) is 4.74. The maximum atomic E-state index is 12.5. The number of methoxy groups -OCH3 is 2. The largest absolute Gasteiger partial charge is 0.493 e. The van der Waals surface area contributed by atoms with E-state index in [-0.39, 0.29) is 43.0 Å². The average molecular weight is 445 g/mol. The van der Waals surface area contributed by atoms with Crippen molar-refractivity contribution in [2.24, 2.45) is 5.41 Å². The Bertz CT molecular complexity index is 894. The average Bonchev–Trinajstić information content (AvgIpc) is 2.78. The number of rotatable bonds is 11. The van der Waals surface area contributed by atoms with Gasteiger partial charge in [0.15, 0.2) is 36.2 Å². The van der Waals surface area contributed by atoms with Gasteiger partial charge in [-0.15, -0.1) is 0 Å². The quantitative estimate of drug-likeness (QED) is 0.553. The molecule has 0 aliphatic heterocycles. The van der Waals surface area contributed by atoms with Crippen molar-refractivity contribution in [1.82, 2.24) is 10.6 Å². The minimum absolute atomic E-state index is 0.165. The molecule has 0 saturated carbocycles. The summed E-state index contributed by atoms with van der Waals surface area (Å²) in [5, 5.41) is 5.75. The molecule has 2 aromatic rings. The maximum Gasteiger partial charge on any atom is 0.258 e. The van der Waals surface area contributed by atoms with Crippen LogP contribution in [0.4, 0.5) is 0 Å². The summed E-state index contributed by atoms with van der Waals surface area (Å²) in [6.45, 7) is 5.86. The van der Waals surface area contributed by atoms with Crippen molar-refractivity contribution in [1.29, 1.82) is 0 Å². The Morgan fingerprint density at radius 2 is 1.22 bits per heavy atom. The molecular weight excluding hydrogens is 412 g/mol. The van der Waals surface area contributed by atoms with Crippen molar-refractivity contribution < 1.29 is 28.5 Å². The summed E-state index contributed by atoms with van der Waals surface area (Å²) < 4.78 is 21.6. The van der Waals surface area contributed by atoms with Gasteiger partial charge in [0, 0.05) is 6.54 Å². The van der Waals surface area contributed by atoms with E-state index in [1.54, 1.807) is 36.4 Å². The minimum atomic E-state index is -0.313. The molecule has 0 aliphatic carbocycles. The van der Waals surface area contributed by atoms with E-state index in [1.807, 2.05) is 32.9 Å². The molecule has 32 heavy (non-hydrogen) atoms. The van der Waals surface area contributed by atoms with E-state index in [4.69, 9.17) is 18.9 Å². The van der Waals surface area contributed by atoms with E-state index in [0.29, 0.717) is 23.0 Å². The molecule has 8 heteroatoms. The third-order valence-corrected chi connectivity index (χ3v) is 4.74. The van der Waals surface area contributed by atoms with Gasteiger partial charge in [-0.3, -0.25) is 9.59 Å². The number of para-hydroxylation sites is 4. The summed E-state index contributed by atoms with van der Waals surface area (Å²) in [4.78, 5) is 24.8. The number of benzene rings is 2. The van der Waals surface area contributed by atoms with E-state index < -0.39 is 0 Å². The molecule has 2 amide bonds. The fourth-order valence-corrected chi connectivity index (χ4v) is 2.84. The molecule has 2 aromatic carbocycles. The zero-order chi connectivity index (χ0) is 23.6. The summed E-state index contributed by atoms with van der Waals surface area (Å²) in [5.41, 5.74) is -0.295. The van der Waals surface area contributed by atoms with Crippen LogP contribution in [0.2, 0.25) is 0 Å². The second-order valence-electron chi connectivity index (χ2n) is 8.17. The van der Waals surface area contributed by atoms with Crippen LogP contribution in [0.3, 0.4) is 0 Å². The van der Waals surface area contributed by atoms with Crippen LogP contribution in [0.1, 0.15) is 20.8 Å². The van der Waals surface area contributed by atoms with Gasteiger partial charge < -0.3 is 29.6 Å². The van der Waals surface area contributed by atoms with E-state index >= 15 is 0 Å². The summed E-state index contributed by atoms with van der Waals surface area (Å²) in [5.74, 6) is 1.48. The number of hydrogen-bond donors (Lipinski definition) is 2. The molecule has 1 atom stereocenters. The topological polar surface area (TPSA) is 95.1 Å². The van der Waals surface area contributed by atoms with Gasteiger partial charge >= 0.3 is 0 Å². The molecular formula is C24H32N2O6. The standard InChI is InChI=1S/C24H32N2O6/c1-24(2,3)21(26-23(28)16-32-20-13-9-7-11-18(20)30-5)14-25-22(27)15-31-19-12-8-6-10-17(19)29-4/h6-13,21H,14-16H2,1-5H3,(H,25,27)(H,26,28)/t21-/m0/s1. The second kappa shape index (κ2) is 11.8. The van der Waals surface area contributed by atoms with Gasteiger partial charge in [0.2, 0.25) is 0 Å². The third kappa shape index (κ3) is 7.68. The van der Waals surface area contributed by atoms with Crippen LogP contribution in [-0.2, 0) is 9.59 Å². The first-order valence-corrected chi connectivity index (χ1v) is 10.3. The summed E-state index contributed by atoms with van der Waals surface area (Å²) in [6, 6.07) is 13.9. The molecule has 0 heterocycles. The summed E-state index contributed by atoms with van der Waals surface area (Å²) in [7, 11) is 3.08. The Morgan fingerprint density at radius 1 is 0.781 bits per heavy atom. The molecule has 0 radical (unpaired) electrons. The lowest BCUT2D eigenvalue weighted by Crippen LogP contribution is -2.52. The van der Waals surface area contributed by atoms with Crippen LogP contribution in [0.25, 0.3) is 0 Å². The van der Waals surface area contributed by atoms with Crippen molar-refractivity contribution in [3.63, 3.8) is 0 Å². The lowest BCUT2D eigenvalue weighted by molar-refractivity contribution is -0.126. The van der Waals surface area contributed by atoms with Crippen molar-refractivity contribution in [3.8, 4) is 23.0 Å². The van der Waals surface area contributed by atoms with Gasteiger partial charge in [0.1, 0.15) is 0 Å². The molecule has 2 N–H and O–H groups in total. The summed E-state index contributed by atoms with van der Waals surface area (Å²) in [6.07, 6.45) is 0. The number of carbonyl (C=O) groups excluding carboxylic acids is 2. The monoisotopic (exact) mass is 444 g/mol. The van der Waals surface area contributed by atoms with Gasteiger partial charge in [-0.1, -0.05) is 45.0 Å². The molecule has 0 bridgehead atoms. The lowest BCUT2D eigenvalue weighted by Gasteiger charge is -2.31. The van der Waals surface area contributed by atoms with Gasteiger partial charge in [0.25, 0.3) is 11.8 Å². The van der Waals surface area contributed by atoms with Gasteiger partial charge in [0.05, 0.1) is 20.3 Å². The van der Waals surface area contributed by atoms with E-state index in [9.17, 15) is 9.59 Å². The van der Waals surface area contributed by atoms with Gasteiger partial charge in [-0.2, -0.15) is 0 Å². The molecule has 174 valence electrons. The first-order valence-electron chi connectivity index (χ1n) is 10.3. The molecule has 0 fully saturated rings. The van der Waals surface area contributed by atoms with Crippen LogP contribution < -0.4 is 29.6 Å². The van der Waals surface area contributed by atoms with Crippen molar-refractivity contribution in [2.75, 3.05) is 34.0 Å². The summed E-state index contributed by atoms with van der Waals surface area (Å²) >= 11 is 0. The van der Waals surface area contributed by atoms with Crippen molar-refractivity contribution in [3.05, 3.63) is 48.5 Å². The van der Waals surface area contributed by atoms with E-state index in [0.717, 1.165) is 0 Å². The number of nitrogens with one attached hydrogen (secondary N) is 2. The first kappa shape index (κ1) is 24.8. The smallest absolute Gasteiger partial charge is 0.258 e. The van der Waals surface area contributed by atoms with E-state index in [1.165, 1.54) is 14.2 Å². The normalized spacial score (nSPS) is 11.8. The van der Waals surface area contributed by atoms with Crippen LogP contribution in [0, 0.1) is 5.41 Å². The Hall–Kier alpha value is -3.42. The highest BCUT2D eigenvalue weighted by Crippen LogP contribution is 2.26. The molecule has 0 aliphatic rings. The molecule has 0 saturated heterocycles. The highest BCUT2D eigenvalue weighted by Gasteiger charge is 2.27. The first-order chi connectivity index (χ1) is 15.2. The molecule has 0 aromatic heterocycles. The van der Waals surface area contributed by atoms with Crippen LogP contribution in [0.15, 0.2) is 48.5 Å². The fourth-order valence-electron chi connectivity index (χ4n) is 2.84. The zero-order valence-corrected chi connectivity index (χ0v) is 19.3. The predicted molar refractivity (Wildman–Crippen MR) is 121 cm³/mol. The Balaban J connectivity index is 1.86. The van der Waals surface area contributed by atoms with Crippen molar-refractivity contribution >= 4 is 11.8 Å². The SMILES string of the molecule is COc1ccccc1OCC(=O)NC[C@H](NC(=O)COc1ccccc1OC)C(C)(C)C. The van der Waals surface area contributed by atoms with Crippen LogP contribution >= 0.6 is 0 Å². The Labute approximate surface area is 189 Å². The Kier molecular flexibility index (Phi) is 9.19. The number of ether oxygens (including phenoxy) is 4. The van der Waals surface area contributed by atoms with E-state index in [2.05, 4.69) is 10.6 Å². The highest BCUT2D eigenvalue weighted by atomic mass is 16.5. The fraction of sp³-hybridized carbons (Fsp3) is 0.417. The van der Waals surface area contributed by atoms with Crippen LogP contribution in [-0.4, -0.2) is 51.8 Å². The van der Waals surface area contributed by atoms with Gasteiger partial charge in [-0.05, 0) is 29.7 Å². The van der Waals surface area contributed by atoms with Crippen molar-refractivity contribution in [2.45, 2.75) is 26.8 Å². The lowest BCUT2D eigenvalue weighted by atomic mass is 9.86. The zero-order valence-electron chi connectivity index (χ0n) is 19.3. The number of amides is 2. The maximum absolute atomic E-state index is 12.5. The molecule has 8 nitrogen and oxygen atoms in total. The number of hydrogen-bond acceptors (Lipinski definition) is 6. The molecule has 0 unspecified atom stereocenters. The molecule has 2 rings (SSSR count).